The average molecular weight is 268 g/mol. The molecule has 1 aliphatic heterocycles. The largest absolute Gasteiger partial charge is 0.368 e. The first-order chi connectivity index (χ1) is 8.74. The van der Waals surface area contributed by atoms with Crippen molar-refractivity contribution >= 4 is 23.5 Å². The molecular weight excluding hydrogens is 250 g/mol. The molecule has 6 heteroatoms. The minimum absolute atomic E-state index is 0.190. The molecule has 2 aliphatic rings. The number of hydrogen-bond donors (Lipinski definition) is 1. The van der Waals surface area contributed by atoms with E-state index >= 15 is 0 Å². The van der Waals surface area contributed by atoms with E-state index in [1.54, 1.807) is 0 Å². The van der Waals surface area contributed by atoms with Gasteiger partial charge in [0, 0.05) is 12.6 Å². The Labute approximate surface area is 112 Å². The molecule has 1 aromatic heterocycles. The van der Waals surface area contributed by atoms with E-state index in [9.17, 15) is 0 Å². The van der Waals surface area contributed by atoms with E-state index in [2.05, 4.69) is 19.9 Å². The van der Waals surface area contributed by atoms with Crippen LogP contribution in [0.1, 0.15) is 38.5 Å². The molecule has 18 heavy (non-hydrogen) atoms. The molecule has 2 N–H and O–H groups in total. The van der Waals surface area contributed by atoms with Crippen LogP contribution < -0.4 is 10.6 Å². The summed E-state index contributed by atoms with van der Waals surface area (Å²) in [5.41, 5.74) is 5.66. The van der Waals surface area contributed by atoms with Crippen molar-refractivity contribution in [2.45, 2.75) is 44.6 Å². The maximum atomic E-state index is 5.88. The maximum absolute atomic E-state index is 5.88. The summed E-state index contributed by atoms with van der Waals surface area (Å²) in [5, 5.41) is 0.190. The van der Waals surface area contributed by atoms with Crippen LogP contribution in [0, 0.1) is 5.92 Å². The molecule has 0 amide bonds. The van der Waals surface area contributed by atoms with Crippen LogP contribution >= 0.6 is 11.6 Å². The fourth-order valence-electron chi connectivity index (χ4n) is 3.36. The second-order valence-electron chi connectivity index (χ2n) is 5.21. The highest BCUT2D eigenvalue weighted by atomic mass is 35.5. The minimum atomic E-state index is 0.190. The molecule has 0 spiro atoms. The lowest BCUT2D eigenvalue weighted by Gasteiger charge is -2.44. The number of hydrogen-bond acceptors (Lipinski definition) is 5. The van der Waals surface area contributed by atoms with Crippen LogP contribution in [-0.4, -0.2) is 27.5 Å². The Morgan fingerprint density at radius 1 is 1.06 bits per heavy atom. The molecule has 0 radical (unpaired) electrons. The van der Waals surface area contributed by atoms with Gasteiger partial charge >= 0.3 is 0 Å². The Balaban J connectivity index is 1.89. The number of rotatable bonds is 1. The van der Waals surface area contributed by atoms with E-state index in [0.717, 1.165) is 12.5 Å². The highest BCUT2D eigenvalue weighted by Gasteiger charge is 2.34. The quantitative estimate of drug-likeness (QED) is 0.845. The Bertz CT molecular complexity index is 416. The van der Waals surface area contributed by atoms with E-state index in [4.69, 9.17) is 17.3 Å². The lowest BCUT2D eigenvalue weighted by molar-refractivity contribution is 0.241. The minimum Gasteiger partial charge on any atom is -0.368 e. The van der Waals surface area contributed by atoms with Gasteiger partial charge in [-0.25, -0.2) is 0 Å². The van der Waals surface area contributed by atoms with Crippen molar-refractivity contribution in [2.24, 2.45) is 5.92 Å². The number of aromatic nitrogens is 3. The summed E-state index contributed by atoms with van der Waals surface area (Å²) in [4.78, 5) is 14.6. The van der Waals surface area contributed by atoms with Crippen LogP contribution in [0.25, 0.3) is 0 Å². The van der Waals surface area contributed by atoms with E-state index in [1.807, 2.05) is 0 Å². The monoisotopic (exact) mass is 267 g/mol. The summed E-state index contributed by atoms with van der Waals surface area (Å²) in [7, 11) is 0. The third-order valence-electron chi connectivity index (χ3n) is 4.11. The zero-order chi connectivity index (χ0) is 12.5. The van der Waals surface area contributed by atoms with Crippen molar-refractivity contribution in [3.63, 3.8) is 0 Å². The van der Waals surface area contributed by atoms with Gasteiger partial charge in [-0.05, 0) is 43.2 Å². The zero-order valence-electron chi connectivity index (χ0n) is 10.3. The normalized spacial score (nSPS) is 27.9. The van der Waals surface area contributed by atoms with Crippen molar-refractivity contribution in [1.29, 1.82) is 0 Å². The first-order valence-corrected chi connectivity index (χ1v) is 7.05. The van der Waals surface area contributed by atoms with Crippen molar-refractivity contribution in [2.75, 3.05) is 17.2 Å². The number of nitrogens with zero attached hydrogens (tertiary/aromatic N) is 4. The first kappa shape index (κ1) is 12.0. The number of piperidine rings is 1. The van der Waals surface area contributed by atoms with Crippen molar-refractivity contribution in [3.8, 4) is 0 Å². The molecule has 3 rings (SSSR count). The van der Waals surface area contributed by atoms with Gasteiger partial charge in [0.15, 0.2) is 0 Å². The lowest BCUT2D eigenvalue weighted by atomic mass is 9.78. The highest BCUT2D eigenvalue weighted by Crippen LogP contribution is 2.36. The van der Waals surface area contributed by atoms with Gasteiger partial charge in [-0.2, -0.15) is 15.0 Å². The van der Waals surface area contributed by atoms with Crippen LogP contribution in [0.15, 0.2) is 0 Å². The predicted octanol–water partition coefficient (Wildman–Crippen LogP) is 2.27. The van der Waals surface area contributed by atoms with Crippen molar-refractivity contribution < 1.29 is 0 Å². The SMILES string of the molecule is Nc1nc(Cl)nc(N2CCC[C@H]3CCCC[C@H]32)n1. The van der Waals surface area contributed by atoms with Crippen LogP contribution in [0.2, 0.25) is 5.28 Å². The maximum Gasteiger partial charge on any atom is 0.231 e. The van der Waals surface area contributed by atoms with Crippen LogP contribution in [0.5, 0.6) is 0 Å². The topological polar surface area (TPSA) is 67.9 Å². The number of fused-ring (bicyclic) bond motifs is 1. The average Bonchev–Trinajstić information content (AvgIpc) is 2.37. The summed E-state index contributed by atoms with van der Waals surface area (Å²) in [6.07, 6.45) is 7.74. The first-order valence-electron chi connectivity index (χ1n) is 6.68. The second-order valence-corrected chi connectivity index (χ2v) is 5.55. The molecular formula is C12H18ClN5. The van der Waals surface area contributed by atoms with Gasteiger partial charge in [0.25, 0.3) is 0 Å². The second kappa shape index (κ2) is 4.88. The molecule has 1 saturated heterocycles. The Hall–Kier alpha value is -1.10. The fraction of sp³-hybridized carbons (Fsp3) is 0.750. The van der Waals surface area contributed by atoms with Crippen LogP contribution in [0.4, 0.5) is 11.9 Å². The van der Waals surface area contributed by atoms with Gasteiger partial charge in [0.1, 0.15) is 0 Å². The number of anilines is 2. The van der Waals surface area contributed by atoms with Gasteiger partial charge < -0.3 is 10.6 Å². The van der Waals surface area contributed by atoms with Crippen LogP contribution in [0.3, 0.4) is 0 Å². The molecule has 0 bridgehead atoms. The molecule has 0 aromatic carbocycles. The number of nitrogens with two attached hydrogens (primary N) is 1. The smallest absolute Gasteiger partial charge is 0.231 e. The Morgan fingerprint density at radius 2 is 1.83 bits per heavy atom. The van der Waals surface area contributed by atoms with Gasteiger partial charge in [-0.3, -0.25) is 0 Å². The van der Waals surface area contributed by atoms with Gasteiger partial charge in [0.05, 0.1) is 0 Å². The number of halogens is 1. The molecule has 0 unspecified atom stereocenters. The third kappa shape index (κ3) is 2.23. The molecule has 2 fully saturated rings. The van der Waals surface area contributed by atoms with Gasteiger partial charge in [-0.15, -0.1) is 0 Å². The molecule has 1 aliphatic carbocycles. The van der Waals surface area contributed by atoms with Gasteiger partial charge in [-0.1, -0.05) is 12.8 Å². The Morgan fingerprint density at radius 3 is 2.67 bits per heavy atom. The summed E-state index contributed by atoms with van der Waals surface area (Å²) in [6.45, 7) is 1.00. The molecule has 2 heterocycles. The van der Waals surface area contributed by atoms with Crippen molar-refractivity contribution in [1.82, 2.24) is 15.0 Å². The van der Waals surface area contributed by atoms with Crippen LogP contribution in [-0.2, 0) is 0 Å². The van der Waals surface area contributed by atoms with Gasteiger partial charge in [0.2, 0.25) is 17.2 Å². The summed E-state index contributed by atoms with van der Waals surface area (Å²) < 4.78 is 0. The molecule has 1 aromatic rings. The van der Waals surface area contributed by atoms with E-state index in [0.29, 0.717) is 12.0 Å². The highest BCUT2D eigenvalue weighted by molar-refractivity contribution is 6.28. The lowest BCUT2D eigenvalue weighted by Crippen LogP contribution is -2.47. The third-order valence-corrected chi connectivity index (χ3v) is 4.28. The predicted molar refractivity (Wildman–Crippen MR) is 71.6 cm³/mol. The number of nitrogen functional groups attached to an aromatic ring is 1. The van der Waals surface area contributed by atoms with E-state index in [-0.39, 0.29) is 11.2 Å². The standard InChI is InChI=1S/C12H18ClN5/c13-10-15-11(14)17-12(16-10)18-7-3-5-8-4-1-2-6-9(8)18/h8-9H,1-7H2,(H2,14,15,16,17)/t8-,9-/m1/s1. The van der Waals surface area contributed by atoms with E-state index in [1.165, 1.54) is 38.5 Å². The summed E-state index contributed by atoms with van der Waals surface area (Å²) in [5.74, 6) is 1.65. The summed E-state index contributed by atoms with van der Waals surface area (Å²) in [6, 6.07) is 0.561. The molecule has 1 saturated carbocycles. The zero-order valence-corrected chi connectivity index (χ0v) is 11.1. The Kier molecular flexibility index (Phi) is 3.24. The molecule has 5 nitrogen and oxygen atoms in total. The van der Waals surface area contributed by atoms with Crippen molar-refractivity contribution in [3.05, 3.63) is 5.28 Å². The summed E-state index contributed by atoms with van der Waals surface area (Å²) >= 11 is 5.88. The van der Waals surface area contributed by atoms with E-state index < -0.39 is 0 Å². The molecule has 2 atom stereocenters. The fourth-order valence-corrected chi connectivity index (χ4v) is 3.52. The molecule has 98 valence electrons.